The molecule has 0 aliphatic carbocycles. The van der Waals surface area contributed by atoms with Gasteiger partial charge in [-0.1, -0.05) is 22.8 Å². The Morgan fingerprint density at radius 2 is 2.36 bits per heavy atom. The maximum absolute atomic E-state index is 5.83. The van der Waals surface area contributed by atoms with E-state index in [-0.39, 0.29) is 0 Å². The number of anilines is 1. The lowest BCUT2D eigenvalue weighted by molar-refractivity contribution is 0.419. The Balaban J connectivity index is 1.98. The minimum Gasteiger partial charge on any atom is -0.381 e. The summed E-state index contributed by atoms with van der Waals surface area (Å²) < 4.78 is 4.71. The van der Waals surface area contributed by atoms with Gasteiger partial charge in [-0.05, 0) is 18.2 Å². The fraction of sp³-hybridized carbons (Fsp3) is 0.100. The molecule has 1 aromatic carbocycles. The molecule has 2 aromatic rings. The number of halogens is 1. The number of aromatic nitrogens is 1. The van der Waals surface area contributed by atoms with Crippen LogP contribution in [0.3, 0.4) is 0 Å². The van der Waals surface area contributed by atoms with Gasteiger partial charge in [-0.25, -0.2) is 0 Å². The summed E-state index contributed by atoms with van der Waals surface area (Å²) in [5.41, 5.74) is 1.99. The number of hydrogen-bond donors (Lipinski definition) is 1. The summed E-state index contributed by atoms with van der Waals surface area (Å²) in [6, 6.07) is 7.57. The van der Waals surface area contributed by atoms with E-state index in [0.717, 1.165) is 16.3 Å². The molecule has 0 aliphatic rings. The van der Waals surface area contributed by atoms with Gasteiger partial charge in [0.1, 0.15) is 6.26 Å². The Kier molecular flexibility index (Phi) is 2.70. The third-order valence-corrected chi connectivity index (χ3v) is 2.04. The highest BCUT2D eigenvalue weighted by atomic mass is 35.5. The molecule has 0 atom stereocenters. The fourth-order valence-electron chi connectivity index (χ4n) is 1.12. The van der Waals surface area contributed by atoms with E-state index in [0.29, 0.717) is 6.54 Å². The van der Waals surface area contributed by atoms with E-state index in [9.17, 15) is 0 Å². The first-order chi connectivity index (χ1) is 6.84. The molecule has 0 radical (unpaired) electrons. The van der Waals surface area contributed by atoms with Crippen LogP contribution >= 0.6 is 11.6 Å². The normalized spacial score (nSPS) is 10.1. The van der Waals surface area contributed by atoms with Crippen molar-refractivity contribution in [1.29, 1.82) is 0 Å². The first-order valence-corrected chi connectivity index (χ1v) is 4.60. The first-order valence-electron chi connectivity index (χ1n) is 4.22. The number of hydrogen-bond acceptors (Lipinski definition) is 3. The molecule has 0 spiro atoms. The van der Waals surface area contributed by atoms with Crippen molar-refractivity contribution < 1.29 is 4.52 Å². The molecule has 4 heteroatoms. The average molecular weight is 209 g/mol. The molecule has 1 heterocycles. The molecule has 1 N–H and O–H groups in total. The van der Waals surface area contributed by atoms with Crippen LogP contribution in [-0.4, -0.2) is 5.16 Å². The van der Waals surface area contributed by atoms with Crippen LogP contribution in [0.15, 0.2) is 41.2 Å². The van der Waals surface area contributed by atoms with Crippen LogP contribution in [0, 0.1) is 0 Å². The number of nitrogens with one attached hydrogen (secondary N) is 1. The van der Waals surface area contributed by atoms with Gasteiger partial charge in [-0.3, -0.25) is 0 Å². The Bertz CT molecular complexity index is 400. The topological polar surface area (TPSA) is 38.1 Å². The molecule has 72 valence electrons. The third-order valence-electron chi connectivity index (χ3n) is 1.80. The summed E-state index contributed by atoms with van der Waals surface area (Å²) in [6.45, 7) is 0.684. The Hall–Kier alpha value is -1.48. The zero-order chi connectivity index (χ0) is 9.80. The van der Waals surface area contributed by atoms with Crippen molar-refractivity contribution in [3.05, 3.63) is 47.3 Å². The van der Waals surface area contributed by atoms with Gasteiger partial charge < -0.3 is 9.84 Å². The Labute approximate surface area is 86.7 Å². The van der Waals surface area contributed by atoms with Crippen LogP contribution in [-0.2, 0) is 6.54 Å². The lowest BCUT2D eigenvalue weighted by Gasteiger charge is -2.03. The van der Waals surface area contributed by atoms with Crippen molar-refractivity contribution in [2.45, 2.75) is 6.54 Å². The number of benzene rings is 1. The van der Waals surface area contributed by atoms with Gasteiger partial charge in [0.2, 0.25) is 0 Å². The van der Waals surface area contributed by atoms with Crippen LogP contribution in [0.1, 0.15) is 5.56 Å². The van der Waals surface area contributed by atoms with Gasteiger partial charge in [0.25, 0.3) is 0 Å². The second-order valence-electron chi connectivity index (χ2n) is 2.90. The molecule has 0 saturated heterocycles. The Morgan fingerprint density at radius 3 is 3.07 bits per heavy atom. The van der Waals surface area contributed by atoms with E-state index in [1.807, 2.05) is 24.3 Å². The lowest BCUT2D eigenvalue weighted by Crippen LogP contribution is -1.97. The maximum atomic E-state index is 5.83. The molecule has 0 bridgehead atoms. The minimum atomic E-state index is 0.684. The second-order valence-corrected chi connectivity index (χ2v) is 3.33. The quantitative estimate of drug-likeness (QED) is 0.843. The van der Waals surface area contributed by atoms with Crippen LogP contribution < -0.4 is 5.32 Å². The van der Waals surface area contributed by atoms with Gasteiger partial charge in [-0.15, -0.1) is 0 Å². The summed E-state index contributed by atoms with van der Waals surface area (Å²) >= 11 is 5.83. The molecule has 0 aliphatic heterocycles. The van der Waals surface area contributed by atoms with Crippen molar-refractivity contribution >= 4 is 17.3 Å². The fourth-order valence-corrected chi connectivity index (χ4v) is 1.31. The van der Waals surface area contributed by atoms with Crippen molar-refractivity contribution in [2.75, 3.05) is 5.32 Å². The zero-order valence-corrected chi connectivity index (χ0v) is 8.16. The van der Waals surface area contributed by atoms with Gasteiger partial charge in [-0.2, -0.15) is 0 Å². The zero-order valence-electron chi connectivity index (χ0n) is 7.40. The van der Waals surface area contributed by atoms with Crippen molar-refractivity contribution in [3.8, 4) is 0 Å². The van der Waals surface area contributed by atoms with Crippen molar-refractivity contribution in [2.24, 2.45) is 0 Å². The first kappa shape index (κ1) is 9.09. The summed E-state index contributed by atoms with van der Waals surface area (Å²) in [4.78, 5) is 0. The van der Waals surface area contributed by atoms with E-state index in [1.165, 1.54) is 0 Å². The van der Waals surface area contributed by atoms with Crippen LogP contribution in [0.4, 0.5) is 5.69 Å². The van der Waals surface area contributed by atoms with Gasteiger partial charge in [0.05, 0.1) is 6.20 Å². The molecule has 0 amide bonds. The van der Waals surface area contributed by atoms with Crippen LogP contribution in [0.2, 0.25) is 5.02 Å². The number of rotatable bonds is 3. The maximum Gasteiger partial charge on any atom is 0.128 e. The molecule has 2 rings (SSSR count). The summed E-state index contributed by atoms with van der Waals surface area (Å²) in [5, 5.41) is 7.54. The monoisotopic (exact) mass is 208 g/mol. The molecule has 3 nitrogen and oxygen atoms in total. The molecule has 14 heavy (non-hydrogen) atoms. The average Bonchev–Trinajstić information content (AvgIpc) is 2.67. The molecule has 1 aromatic heterocycles. The minimum absolute atomic E-state index is 0.684. The standard InChI is InChI=1S/C10H9ClN2O/c11-9-2-1-3-10(4-9)12-5-8-6-13-14-7-8/h1-4,6-7,12H,5H2. The smallest absolute Gasteiger partial charge is 0.128 e. The summed E-state index contributed by atoms with van der Waals surface area (Å²) in [6.07, 6.45) is 3.29. The molecule has 0 unspecified atom stereocenters. The van der Waals surface area contributed by atoms with Gasteiger partial charge in [0.15, 0.2) is 0 Å². The van der Waals surface area contributed by atoms with E-state index in [2.05, 4.69) is 10.5 Å². The van der Waals surface area contributed by atoms with Crippen LogP contribution in [0.5, 0.6) is 0 Å². The van der Waals surface area contributed by atoms with E-state index < -0.39 is 0 Å². The van der Waals surface area contributed by atoms with E-state index >= 15 is 0 Å². The summed E-state index contributed by atoms with van der Waals surface area (Å²) in [7, 11) is 0. The highest BCUT2D eigenvalue weighted by Gasteiger charge is 1.96. The van der Waals surface area contributed by atoms with E-state index in [1.54, 1.807) is 12.5 Å². The van der Waals surface area contributed by atoms with Crippen molar-refractivity contribution in [1.82, 2.24) is 5.16 Å². The predicted molar refractivity (Wildman–Crippen MR) is 55.3 cm³/mol. The number of nitrogens with zero attached hydrogens (tertiary/aromatic N) is 1. The third kappa shape index (κ3) is 2.26. The SMILES string of the molecule is Clc1cccc(NCc2cnoc2)c1. The lowest BCUT2D eigenvalue weighted by atomic mass is 10.3. The van der Waals surface area contributed by atoms with Gasteiger partial charge >= 0.3 is 0 Å². The van der Waals surface area contributed by atoms with Gasteiger partial charge in [0, 0.05) is 22.8 Å². The molecule has 0 fully saturated rings. The molecular weight excluding hydrogens is 200 g/mol. The molecular formula is C10H9ClN2O. The molecule has 0 saturated carbocycles. The Morgan fingerprint density at radius 1 is 1.43 bits per heavy atom. The van der Waals surface area contributed by atoms with E-state index in [4.69, 9.17) is 16.1 Å². The highest BCUT2D eigenvalue weighted by Crippen LogP contribution is 2.15. The van der Waals surface area contributed by atoms with Crippen LogP contribution in [0.25, 0.3) is 0 Å². The predicted octanol–water partition coefficient (Wildman–Crippen LogP) is 2.94. The second kappa shape index (κ2) is 4.15. The van der Waals surface area contributed by atoms with Crippen molar-refractivity contribution in [3.63, 3.8) is 0 Å². The highest BCUT2D eigenvalue weighted by molar-refractivity contribution is 6.30. The summed E-state index contributed by atoms with van der Waals surface area (Å²) in [5.74, 6) is 0. The largest absolute Gasteiger partial charge is 0.381 e.